The highest BCUT2D eigenvalue weighted by Crippen LogP contribution is 2.32. The van der Waals surface area contributed by atoms with E-state index in [1.165, 1.54) is 13.8 Å². The first kappa shape index (κ1) is 17.2. The lowest BCUT2D eigenvalue weighted by Gasteiger charge is -2.45. The molecule has 9 heteroatoms. The lowest BCUT2D eigenvalue weighted by Crippen LogP contribution is -2.65. The minimum atomic E-state index is -1.82. The zero-order valence-corrected chi connectivity index (χ0v) is 11.2. The van der Waals surface area contributed by atoms with Gasteiger partial charge in [0.1, 0.15) is 18.3 Å². The highest BCUT2D eigenvalue weighted by atomic mass is 19.3. The molecule has 20 heavy (non-hydrogen) atoms. The third-order valence-electron chi connectivity index (χ3n) is 3.18. The molecule has 5 N–H and O–H groups in total. The van der Waals surface area contributed by atoms with Gasteiger partial charge in [0.15, 0.2) is 0 Å². The fraction of sp³-hybridized carbons (Fsp3) is 0.909. The van der Waals surface area contributed by atoms with Gasteiger partial charge in [0, 0.05) is 13.3 Å². The molecule has 0 unspecified atom stereocenters. The molecule has 0 saturated carbocycles. The predicted molar refractivity (Wildman–Crippen MR) is 62.8 cm³/mol. The molecule has 0 radical (unpaired) electrons. The number of amides is 1. The van der Waals surface area contributed by atoms with Gasteiger partial charge in [0.05, 0.1) is 18.8 Å². The molecule has 0 aliphatic carbocycles. The van der Waals surface area contributed by atoms with E-state index < -0.39 is 48.8 Å². The summed E-state index contributed by atoms with van der Waals surface area (Å²) in [5.41, 5.74) is 0. The van der Waals surface area contributed by atoms with Crippen LogP contribution in [0.2, 0.25) is 0 Å². The molecule has 0 aromatic carbocycles. The van der Waals surface area contributed by atoms with Crippen LogP contribution in [0.25, 0.3) is 0 Å². The van der Waals surface area contributed by atoms with Crippen molar-refractivity contribution < 1.29 is 39.4 Å². The second kappa shape index (κ2) is 6.74. The van der Waals surface area contributed by atoms with Crippen molar-refractivity contribution in [3.8, 4) is 0 Å². The maximum absolute atomic E-state index is 12.5. The summed E-state index contributed by atoms with van der Waals surface area (Å²) in [7, 11) is 0. The molecule has 1 saturated heterocycles. The van der Waals surface area contributed by atoms with Crippen molar-refractivity contribution in [1.82, 2.24) is 5.32 Å². The molecular weight excluding hydrogens is 277 g/mol. The molecule has 1 aliphatic heterocycles. The Kier molecular flexibility index (Phi) is 5.80. The highest BCUT2D eigenvalue weighted by molar-refractivity contribution is 5.73. The van der Waals surface area contributed by atoms with E-state index in [4.69, 9.17) is 9.84 Å². The Hall–Kier alpha value is -0.840. The Morgan fingerprint density at radius 3 is 2.65 bits per heavy atom. The molecule has 1 aliphatic rings. The first-order valence-electron chi connectivity index (χ1n) is 6.14. The van der Waals surface area contributed by atoms with E-state index in [-0.39, 0.29) is 6.42 Å². The third kappa shape index (κ3) is 3.84. The minimum absolute atomic E-state index is 0.285. The van der Waals surface area contributed by atoms with Crippen LogP contribution in [0.15, 0.2) is 0 Å². The number of nitrogens with one attached hydrogen (secondary N) is 1. The van der Waals surface area contributed by atoms with Gasteiger partial charge in [-0.2, -0.15) is 4.94 Å². The molecule has 0 aromatic heterocycles. The van der Waals surface area contributed by atoms with E-state index in [2.05, 4.69) is 10.3 Å². The van der Waals surface area contributed by atoms with E-state index >= 15 is 0 Å². The Bertz CT molecular complexity index is 345. The van der Waals surface area contributed by atoms with Gasteiger partial charge in [-0.15, -0.1) is 0 Å². The number of aliphatic hydroxyl groups excluding tert-OH is 4. The minimum Gasteiger partial charge on any atom is -0.394 e. The van der Waals surface area contributed by atoms with E-state index in [9.17, 15) is 24.6 Å². The van der Waals surface area contributed by atoms with Crippen LogP contribution in [0.4, 0.5) is 4.53 Å². The first-order chi connectivity index (χ1) is 9.24. The summed E-state index contributed by atoms with van der Waals surface area (Å²) in [4.78, 5) is 14.8. The number of carbonyl (C=O) groups is 1. The molecule has 118 valence electrons. The van der Waals surface area contributed by atoms with Crippen molar-refractivity contribution in [2.75, 3.05) is 6.61 Å². The predicted octanol–water partition coefficient (Wildman–Crippen LogP) is -2.03. The SMILES string of the molecule is CC(=O)N[C@H]1[C@H]([C@H](O)[C@H](O)CO)O[C@@](C)(OF)C[C@@H]1O. The summed E-state index contributed by atoms with van der Waals surface area (Å²) in [6.07, 6.45) is -6.14. The molecule has 0 spiro atoms. The van der Waals surface area contributed by atoms with Crippen molar-refractivity contribution in [3.05, 3.63) is 0 Å². The number of rotatable bonds is 5. The zero-order chi connectivity index (χ0) is 15.5. The van der Waals surface area contributed by atoms with E-state index in [0.29, 0.717) is 0 Å². The van der Waals surface area contributed by atoms with Crippen LogP contribution in [0.3, 0.4) is 0 Å². The monoisotopic (exact) mass is 297 g/mol. The molecule has 0 bridgehead atoms. The summed E-state index contributed by atoms with van der Waals surface area (Å²) in [6.45, 7) is 1.63. The molecule has 0 aromatic rings. The fourth-order valence-corrected chi connectivity index (χ4v) is 2.21. The van der Waals surface area contributed by atoms with Crippen molar-refractivity contribution in [2.45, 2.75) is 56.5 Å². The number of carbonyl (C=O) groups excluding carboxylic acids is 1. The smallest absolute Gasteiger partial charge is 0.217 e. The normalized spacial score (nSPS) is 37.2. The Morgan fingerprint density at radius 2 is 2.20 bits per heavy atom. The topological polar surface area (TPSA) is 128 Å². The second-order valence-electron chi connectivity index (χ2n) is 5.03. The number of hydrogen-bond donors (Lipinski definition) is 5. The maximum atomic E-state index is 12.5. The molecular formula is C11H20FNO7. The quantitative estimate of drug-likeness (QED) is 0.396. The molecule has 1 fully saturated rings. The third-order valence-corrected chi connectivity index (χ3v) is 3.18. The van der Waals surface area contributed by atoms with Gasteiger partial charge in [0.2, 0.25) is 11.7 Å². The van der Waals surface area contributed by atoms with Crippen molar-refractivity contribution >= 4 is 5.91 Å². The van der Waals surface area contributed by atoms with Crippen LogP contribution in [0.5, 0.6) is 0 Å². The van der Waals surface area contributed by atoms with E-state index in [0.717, 1.165) is 0 Å². The van der Waals surface area contributed by atoms with Gasteiger partial charge in [-0.3, -0.25) is 4.79 Å². The van der Waals surface area contributed by atoms with Gasteiger partial charge < -0.3 is 30.5 Å². The van der Waals surface area contributed by atoms with Gasteiger partial charge in [0.25, 0.3) is 0 Å². The van der Waals surface area contributed by atoms with Crippen LogP contribution in [-0.4, -0.2) is 69.2 Å². The van der Waals surface area contributed by atoms with Crippen molar-refractivity contribution in [2.24, 2.45) is 0 Å². The molecule has 6 atom stereocenters. The Morgan fingerprint density at radius 1 is 1.60 bits per heavy atom. The van der Waals surface area contributed by atoms with Crippen LogP contribution >= 0.6 is 0 Å². The number of halogens is 1. The molecule has 1 rings (SSSR count). The maximum Gasteiger partial charge on any atom is 0.217 e. The summed E-state index contributed by atoms with van der Waals surface area (Å²) in [5.74, 6) is -2.33. The molecule has 1 heterocycles. The van der Waals surface area contributed by atoms with Crippen LogP contribution < -0.4 is 5.32 Å². The summed E-state index contributed by atoms with van der Waals surface area (Å²) >= 11 is 0. The number of hydrogen-bond acceptors (Lipinski definition) is 7. The van der Waals surface area contributed by atoms with Crippen LogP contribution in [0, 0.1) is 0 Å². The largest absolute Gasteiger partial charge is 0.394 e. The lowest BCUT2D eigenvalue weighted by molar-refractivity contribution is -0.383. The second-order valence-corrected chi connectivity index (χ2v) is 5.03. The standard InChI is InChI=1S/C11H20FNO7/c1-5(15)13-8-6(16)3-11(2,20-12)19-10(8)9(18)7(17)4-14/h6-10,14,16-18H,3-4H2,1-2H3,(H,13,15)/t6-,7+,8+,9+,10+,11-/m0/s1. The van der Waals surface area contributed by atoms with E-state index in [1.54, 1.807) is 0 Å². The number of aliphatic hydroxyl groups is 4. The van der Waals surface area contributed by atoms with Gasteiger partial charge in [-0.1, -0.05) is 0 Å². The fourth-order valence-electron chi connectivity index (χ4n) is 2.21. The van der Waals surface area contributed by atoms with Gasteiger partial charge >= 0.3 is 0 Å². The Labute approximate surface area is 115 Å². The molecule has 1 amide bonds. The summed E-state index contributed by atoms with van der Waals surface area (Å²) in [5, 5.41) is 40.5. The lowest BCUT2D eigenvalue weighted by atomic mass is 9.89. The molecule has 8 nitrogen and oxygen atoms in total. The average Bonchev–Trinajstić information content (AvgIpc) is 2.39. The van der Waals surface area contributed by atoms with Crippen molar-refractivity contribution in [3.63, 3.8) is 0 Å². The summed E-state index contributed by atoms with van der Waals surface area (Å²) < 4.78 is 17.7. The highest BCUT2D eigenvalue weighted by Gasteiger charge is 2.50. The van der Waals surface area contributed by atoms with Crippen molar-refractivity contribution in [1.29, 1.82) is 0 Å². The zero-order valence-electron chi connectivity index (χ0n) is 11.2. The van der Waals surface area contributed by atoms with Crippen LogP contribution in [0.1, 0.15) is 20.3 Å². The number of ether oxygens (including phenoxy) is 1. The summed E-state index contributed by atoms with van der Waals surface area (Å²) in [6, 6.07) is -1.08. The Balaban J connectivity index is 2.98. The first-order valence-corrected chi connectivity index (χ1v) is 6.14. The van der Waals surface area contributed by atoms with Gasteiger partial charge in [-0.05, 0) is 11.4 Å². The van der Waals surface area contributed by atoms with E-state index in [1.807, 2.05) is 0 Å². The van der Waals surface area contributed by atoms with Crippen LogP contribution in [-0.2, 0) is 14.5 Å². The van der Waals surface area contributed by atoms with Gasteiger partial charge in [-0.25, -0.2) is 0 Å². The average molecular weight is 297 g/mol.